The van der Waals surface area contributed by atoms with Gasteiger partial charge in [0, 0.05) is 27.2 Å². The van der Waals surface area contributed by atoms with Gasteiger partial charge in [0.1, 0.15) is 5.82 Å². The third kappa shape index (κ3) is 4.01. The molecule has 0 aromatic carbocycles. The topological polar surface area (TPSA) is 51.8 Å². The highest BCUT2D eigenvalue weighted by molar-refractivity contribution is 9.10. The van der Waals surface area contributed by atoms with E-state index in [-0.39, 0.29) is 11.3 Å². The Hall–Kier alpha value is 0.0500. The highest BCUT2D eigenvalue weighted by Gasteiger charge is 2.23. The molecule has 2 unspecified atom stereocenters. The Morgan fingerprint density at radius 3 is 2.79 bits per heavy atom. The Balaban J connectivity index is 2.18. The van der Waals surface area contributed by atoms with E-state index in [2.05, 4.69) is 50.6 Å². The first-order valence-corrected chi connectivity index (χ1v) is 9.45. The number of rotatable bonds is 6. The Kier molecular flexibility index (Phi) is 5.83. The second kappa shape index (κ2) is 7.17. The molecule has 0 aliphatic rings. The predicted octanol–water partition coefficient (Wildman–Crippen LogP) is 4.50. The fourth-order valence-electron chi connectivity index (χ4n) is 1.59. The first kappa shape index (κ1) is 15.4. The number of hydrogen-bond donors (Lipinski definition) is 1. The fraction of sp³-hybridized carbons (Fsp3) is 0.500. The molecule has 0 spiro atoms. The number of thioether (sulfide) groups is 1. The van der Waals surface area contributed by atoms with Gasteiger partial charge >= 0.3 is 0 Å². The molecule has 0 amide bonds. The van der Waals surface area contributed by atoms with E-state index in [1.165, 1.54) is 16.4 Å². The molecule has 0 radical (unpaired) electrons. The summed E-state index contributed by atoms with van der Waals surface area (Å²) in [5.41, 5.74) is 6.27. The molecular formula is C12H16BrN3S3. The Morgan fingerprint density at radius 2 is 2.26 bits per heavy atom. The molecule has 3 nitrogen and oxygen atoms in total. The van der Waals surface area contributed by atoms with E-state index in [1.807, 2.05) is 0 Å². The monoisotopic (exact) mass is 377 g/mol. The normalized spacial score (nSPS) is 14.5. The van der Waals surface area contributed by atoms with Gasteiger partial charge in [0.05, 0.1) is 5.25 Å². The minimum atomic E-state index is 0.129. The average molecular weight is 378 g/mol. The van der Waals surface area contributed by atoms with E-state index in [4.69, 9.17) is 5.73 Å². The largest absolute Gasteiger partial charge is 0.326 e. The van der Waals surface area contributed by atoms with Gasteiger partial charge in [0.2, 0.25) is 0 Å². The van der Waals surface area contributed by atoms with Crippen LogP contribution in [0.15, 0.2) is 20.3 Å². The van der Waals surface area contributed by atoms with Gasteiger partial charge in [-0.15, -0.1) is 11.3 Å². The van der Waals surface area contributed by atoms with Crippen LogP contribution in [0.4, 0.5) is 0 Å². The number of hydrogen-bond acceptors (Lipinski definition) is 6. The quantitative estimate of drug-likeness (QED) is 0.753. The van der Waals surface area contributed by atoms with Crippen LogP contribution in [0.3, 0.4) is 0 Å². The molecule has 2 aromatic heterocycles. The first-order chi connectivity index (χ1) is 9.13. The standard InChI is InChI=1S/C12H16BrN3S3/c1-3-8(14)11(9-5-7(13)6-17-9)18-12-15-10(4-2)16-19-12/h5-6,8,11H,3-4,14H2,1-2H3. The van der Waals surface area contributed by atoms with E-state index >= 15 is 0 Å². The third-order valence-electron chi connectivity index (χ3n) is 2.72. The minimum absolute atomic E-state index is 0.129. The van der Waals surface area contributed by atoms with Crippen molar-refractivity contribution in [3.8, 4) is 0 Å². The minimum Gasteiger partial charge on any atom is -0.326 e. The van der Waals surface area contributed by atoms with Crippen LogP contribution in [0.1, 0.15) is 36.2 Å². The van der Waals surface area contributed by atoms with Crippen LogP contribution >= 0.6 is 50.6 Å². The zero-order valence-corrected chi connectivity index (χ0v) is 14.8. The maximum atomic E-state index is 6.27. The van der Waals surface area contributed by atoms with Gasteiger partial charge < -0.3 is 5.73 Å². The zero-order valence-electron chi connectivity index (χ0n) is 10.8. The summed E-state index contributed by atoms with van der Waals surface area (Å²) < 4.78 is 6.46. The SMILES string of the molecule is CCc1nsc(SC(c2cc(Br)cs2)C(N)CC)n1. The summed E-state index contributed by atoms with van der Waals surface area (Å²) >= 11 is 8.45. The van der Waals surface area contributed by atoms with Crippen LogP contribution in [-0.4, -0.2) is 15.4 Å². The molecular weight excluding hydrogens is 362 g/mol. The second-order valence-electron chi connectivity index (χ2n) is 4.11. The molecule has 2 aromatic rings. The number of thiophene rings is 1. The molecule has 2 rings (SSSR count). The predicted molar refractivity (Wildman–Crippen MR) is 88.2 cm³/mol. The molecule has 2 heterocycles. The lowest BCUT2D eigenvalue weighted by Crippen LogP contribution is -2.25. The van der Waals surface area contributed by atoms with E-state index in [0.717, 1.165) is 27.5 Å². The summed E-state index contributed by atoms with van der Waals surface area (Å²) in [7, 11) is 0. The van der Waals surface area contributed by atoms with Gasteiger partial charge in [0.15, 0.2) is 4.34 Å². The highest BCUT2D eigenvalue weighted by atomic mass is 79.9. The van der Waals surface area contributed by atoms with Crippen LogP contribution in [0.2, 0.25) is 0 Å². The van der Waals surface area contributed by atoms with Gasteiger partial charge in [-0.3, -0.25) is 0 Å². The summed E-state index contributed by atoms with van der Waals surface area (Å²) in [6.45, 7) is 4.20. The summed E-state index contributed by atoms with van der Waals surface area (Å²) in [6.07, 6.45) is 1.83. The van der Waals surface area contributed by atoms with Crippen molar-refractivity contribution in [3.05, 3.63) is 26.6 Å². The number of aryl methyl sites for hydroxylation is 1. The molecule has 7 heteroatoms. The van der Waals surface area contributed by atoms with Gasteiger partial charge in [-0.1, -0.05) is 25.6 Å². The summed E-state index contributed by atoms with van der Waals surface area (Å²) in [5, 5.41) is 2.35. The molecule has 2 N–H and O–H groups in total. The molecule has 0 saturated carbocycles. The van der Waals surface area contributed by atoms with E-state index in [0.29, 0.717) is 0 Å². The molecule has 2 atom stereocenters. The lowest BCUT2D eigenvalue weighted by Gasteiger charge is -2.19. The number of aromatic nitrogens is 2. The maximum Gasteiger partial charge on any atom is 0.170 e. The second-order valence-corrected chi connectivity index (χ2v) is 8.11. The number of nitrogens with zero attached hydrogens (tertiary/aromatic N) is 2. The average Bonchev–Trinajstić information content (AvgIpc) is 3.03. The third-order valence-corrected chi connectivity index (χ3v) is 6.86. The van der Waals surface area contributed by atoms with Crippen molar-refractivity contribution in [3.63, 3.8) is 0 Å². The van der Waals surface area contributed by atoms with Crippen molar-refractivity contribution in [1.29, 1.82) is 0 Å². The zero-order chi connectivity index (χ0) is 13.8. The lowest BCUT2D eigenvalue weighted by atomic mass is 10.1. The molecule has 0 aliphatic heterocycles. The van der Waals surface area contributed by atoms with Crippen molar-refractivity contribution >= 4 is 50.6 Å². The van der Waals surface area contributed by atoms with Crippen molar-refractivity contribution in [2.45, 2.75) is 42.3 Å². The molecule has 0 bridgehead atoms. The van der Waals surface area contributed by atoms with Crippen molar-refractivity contribution < 1.29 is 0 Å². The smallest absolute Gasteiger partial charge is 0.170 e. The highest BCUT2D eigenvalue weighted by Crippen LogP contribution is 2.42. The van der Waals surface area contributed by atoms with Crippen molar-refractivity contribution in [1.82, 2.24) is 9.36 Å². The number of nitrogens with two attached hydrogens (primary N) is 1. The van der Waals surface area contributed by atoms with Gasteiger partial charge in [-0.05, 0) is 39.9 Å². The Morgan fingerprint density at radius 1 is 1.47 bits per heavy atom. The Bertz CT molecular complexity index is 526. The van der Waals surface area contributed by atoms with Crippen LogP contribution in [0, 0.1) is 0 Å². The van der Waals surface area contributed by atoms with E-state index in [1.54, 1.807) is 23.1 Å². The maximum absolute atomic E-state index is 6.27. The van der Waals surface area contributed by atoms with E-state index < -0.39 is 0 Å². The summed E-state index contributed by atoms with van der Waals surface area (Å²) in [4.78, 5) is 5.82. The first-order valence-electron chi connectivity index (χ1n) is 6.12. The lowest BCUT2D eigenvalue weighted by molar-refractivity contribution is 0.639. The molecule has 0 fully saturated rings. The van der Waals surface area contributed by atoms with E-state index in [9.17, 15) is 0 Å². The van der Waals surface area contributed by atoms with Crippen LogP contribution < -0.4 is 5.73 Å². The molecule has 0 aliphatic carbocycles. The fourth-order valence-corrected chi connectivity index (χ4v) is 5.42. The van der Waals surface area contributed by atoms with Crippen LogP contribution in [-0.2, 0) is 6.42 Å². The van der Waals surface area contributed by atoms with Gasteiger partial charge in [-0.25, -0.2) is 4.98 Å². The number of halogens is 1. The molecule has 104 valence electrons. The van der Waals surface area contributed by atoms with Gasteiger partial charge in [0.25, 0.3) is 0 Å². The molecule has 0 saturated heterocycles. The summed E-state index contributed by atoms with van der Waals surface area (Å²) in [5.74, 6) is 0.920. The van der Waals surface area contributed by atoms with Crippen molar-refractivity contribution in [2.24, 2.45) is 5.73 Å². The van der Waals surface area contributed by atoms with Crippen molar-refractivity contribution in [2.75, 3.05) is 0 Å². The van der Waals surface area contributed by atoms with Gasteiger partial charge in [-0.2, -0.15) is 4.37 Å². The Labute approximate surface area is 134 Å². The van der Waals surface area contributed by atoms with Crippen LogP contribution in [0.25, 0.3) is 0 Å². The van der Waals surface area contributed by atoms with Crippen LogP contribution in [0.5, 0.6) is 0 Å². The molecule has 19 heavy (non-hydrogen) atoms. The summed E-state index contributed by atoms with van der Waals surface area (Å²) in [6, 6.07) is 2.28.